The van der Waals surface area contributed by atoms with Crippen LogP contribution in [0.1, 0.15) is 41.5 Å². The van der Waals surface area contributed by atoms with E-state index in [4.69, 9.17) is 0 Å². The number of hydrogen-bond donors (Lipinski definition) is 1. The first-order valence-corrected chi connectivity index (χ1v) is 6.39. The number of piperazine rings is 1. The van der Waals surface area contributed by atoms with Crippen molar-refractivity contribution < 1.29 is 9.59 Å². The fourth-order valence-electron chi connectivity index (χ4n) is 1.94. The SMILES string of the molecule is CC(C)=CCN1C(=O)C(C(C)(C)C)NC(=O)C1C. The lowest BCUT2D eigenvalue weighted by atomic mass is 9.84. The third kappa shape index (κ3) is 3.12. The van der Waals surface area contributed by atoms with E-state index >= 15 is 0 Å². The topological polar surface area (TPSA) is 49.4 Å². The van der Waals surface area contributed by atoms with Crippen LogP contribution in [0.2, 0.25) is 0 Å². The monoisotopic (exact) mass is 252 g/mol. The van der Waals surface area contributed by atoms with Gasteiger partial charge in [-0.1, -0.05) is 32.4 Å². The molecule has 1 aliphatic rings. The normalized spacial score (nSPS) is 24.9. The second kappa shape index (κ2) is 5.12. The van der Waals surface area contributed by atoms with E-state index in [9.17, 15) is 9.59 Å². The number of nitrogens with zero attached hydrogens (tertiary/aromatic N) is 1. The van der Waals surface area contributed by atoms with Gasteiger partial charge in [-0.15, -0.1) is 0 Å². The van der Waals surface area contributed by atoms with E-state index in [1.54, 1.807) is 11.8 Å². The molecule has 4 nitrogen and oxygen atoms in total. The third-order valence-corrected chi connectivity index (χ3v) is 3.23. The second-order valence-electron chi connectivity index (χ2n) is 6.26. The molecule has 0 aliphatic carbocycles. The number of nitrogens with one attached hydrogen (secondary N) is 1. The molecule has 1 N–H and O–H groups in total. The Hall–Kier alpha value is -1.32. The molecule has 1 saturated heterocycles. The molecule has 2 unspecified atom stereocenters. The van der Waals surface area contributed by atoms with E-state index < -0.39 is 12.1 Å². The number of rotatable bonds is 2. The molecule has 0 aromatic carbocycles. The molecule has 0 radical (unpaired) electrons. The van der Waals surface area contributed by atoms with E-state index in [1.807, 2.05) is 40.7 Å². The summed E-state index contributed by atoms with van der Waals surface area (Å²) in [5.74, 6) is -0.0659. The lowest BCUT2D eigenvalue weighted by molar-refractivity contribution is -0.151. The number of allylic oxidation sites excluding steroid dienone is 1. The van der Waals surface area contributed by atoms with Crippen molar-refractivity contribution in [2.24, 2.45) is 5.41 Å². The van der Waals surface area contributed by atoms with Gasteiger partial charge in [-0.2, -0.15) is 0 Å². The molecule has 1 rings (SSSR count). The van der Waals surface area contributed by atoms with Gasteiger partial charge < -0.3 is 10.2 Å². The van der Waals surface area contributed by atoms with Gasteiger partial charge in [0.05, 0.1) is 0 Å². The third-order valence-electron chi connectivity index (χ3n) is 3.23. The molecule has 1 fully saturated rings. The Bertz CT molecular complexity index is 376. The van der Waals surface area contributed by atoms with Crippen LogP contribution in [0.15, 0.2) is 11.6 Å². The minimum absolute atomic E-state index is 0.00657. The maximum Gasteiger partial charge on any atom is 0.246 e. The standard InChI is InChI=1S/C14H24N2O2/c1-9(2)7-8-16-10(3)12(17)15-11(13(16)18)14(4,5)6/h7,10-11H,8H2,1-6H3,(H,15,17). The number of carbonyl (C=O) groups is 2. The average Bonchev–Trinajstić information content (AvgIpc) is 2.21. The van der Waals surface area contributed by atoms with Crippen LogP contribution in [0.5, 0.6) is 0 Å². The van der Waals surface area contributed by atoms with Crippen molar-refractivity contribution >= 4 is 11.8 Å². The van der Waals surface area contributed by atoms with Crippen LogP contribution >= 0.6 is 0 Å². The quantitative estimate of drug-likeness (QED) is 0.761. The number of carbonyl (C=O) groups excluding carboxylic acids is 2. The van der Waals surface area contributed by atoms with E-state index in [2.05, 4.69) is 5.32 Å². The summed E-state index contributed by atoms with van der Waals surface area (Å²) in [7, 11) is 0. The summed E-state index contributed by atoms with van der Waals surface area (Å²) in [6, 6.07) is -0.835. The van der Waals surface area contributed by atoms with Crippen LogP contribution in [0.25, 0.3) is 0 Å². The summed E-state index contributed by atoms with van der Waals surface area (Å²) in [5.41, 5.74) is 0.879. The van der Waals surface area contributed by atoms with Crippen molar-refractivity contribution in [2.45, 2.75) is 53.6 Å². The van der Waals surface area contributed by atoms with Gasteiger partial charge in [-0.05, 0) is 26.2 Å². The molecular formula is C14H24N2O2. The second-order valence-corrected chi connectivity index (χ2v) is 6.26. The van der Waals surface area contributed by atoms with E-state index in [1.165, 1.54) is 0 Å². The fourth-order valence-corrected chi connectivity index (χ4v) is 1.94. The van der Waals surface area contributed by atoms with Crippen LogP contribution in [-0.2, 0) is 9.59 Å². The summed E-state index contributed by atoms with van der Waals surface area (Å²) in [6.45, 7) is 12.1. The first-order chi connectivity index (χ1) is 8.14. The van der Waals surface area contributed by atoms with Gasteiger partial charge in [0, 0.05) is 6.54 Å². The summed E-state index contributed by atoms with van der Waals surface area (Å²) in [6.07, 6.45) is 1.98. The number of hydrogen-bond acceptors (Lipinski definition) is 2. The predicted octanol–water partition coefficient (Wildman–Crippen LogP) is 1.71. The molecule has 2 atom stereocenters. The van der Waals surface area contributed by atoms with Gasteiger partial charge in [0.25, 0.3) is 0 Å². The number of amides is 2. The molecule has 1 aliphatic heterocycles. The van der Waals surface area contributed by atoms with Crippen molar-refractivity contribution in [2.75, 3.05) is 6.54 Å². The molecule has 0 spiro atoms. The zero-order valence-corrected chi connectivity index (χ0v) is 12.2. The van der Waals surface area contributed by atoms with Crippen molar-refractivity contribution in [1.82, 2.24) is 10.2 Å². The maximum absolute atomic E-state index is 12.4. The Balaban J connectivity index is 2.96. The Morgan fingerprint density at radius 1 is 1.33 bits per heavy atom. The average molecular weight is 252 g/mol. The maximum atomic E-state index is 12.4. The smallest absolute Gasteiger partial charge is 0.246 e. The highest BCUT2D eigenvalue weighted by Crippen LogP contribution is 2.25. The summed E-state index contributed by atoms with van der Waals surface area (Å²) in [5, 5.41) is 2.82. The van der Waals surface area contributed by atoms with Crippen LogP contribution in [0.4, 0.5) is 0 Å². The van der Waals surface area contributed by atoms with Gasteiger partial charge in [-0.3, -0.25) is 9.59 Å². The minimum atomic E-state index is -0.438. The van der Waals surface area contributed by atoms with Gasteiger partial charge in [0.2, 0.25) is 11.8 Å². The zero-order chi connectivity index (χ0) is 14.1. The summed E-state index contributed by atoms with van der Waals surface area (Å²) in [4.78, 5) is 26.0. The highest BCUT2D eigenvalue weighted by atomic mass is 16.2. The fraction of sp³-hybridized carbons (Fsp3) is 0.714. The van der Waals surface area contributed by atoms with Crippen molar-refractivity contribution in [1.29, 1.82) is 0 Å². The van der Waals surface area contributed by atoms with Gasteiger partial charge in [0.1, 0.15) is 12.1 Å². The molecule has 0 aromatic rings. The highest BCUT2D eigenvalue weighted by Gasteiger charge is 2.42. The van der Waals surface area contributed by atoms with Crippen LogP contribution < -0.4 is 5.32 Å². The Labute approximate surface area is 109 Å². The molecule has 102 valence electrons. The van der Waals surface area contributed by atoms with E-state index in [0.717, 1.165) is 5.57 Å². The molecule has 0 bridgehead atoms. The van der Waals surface area contributed by atoms with E-state index in [-0.39, 0.29) is 17.2 Å². The molecular weight excluding hydrogens is 228 g/mol. The van der Waals surface area contributed by atoms with Crippen molar-refractivity contribution in [3.05, 3.63) is 11.6 Å². The molecule has 4 heteroatoms. The lowest BCUT2D eigenvalue weighted by Gasteiger charge is -2.41. The molecule has 18 heavy (non-hydrogen) atoms. The largest absolute Gasteiger partial charge is 0.342 e. The molecule has 1 heterocycles. The van der Waals surface area contributed by atoms with Crippen LogP contribution in [0.3, 0.4) is 0 Å². The molecule has 2 amide bonds. The van der Waals surface area contributed by atoms with Gasteiger partial charge in [0.15, 0.2) is 0 Å². The van der Waals surface area contributed by atoms with Crippen LogP contribution in [-0.4, -0.2) is 35.3 Å². The zero-order valence-electron chi connectivity index (χ0n) is 12.2. The van der Waals surface area contributed by atoms with Gasteiger partial charge >= 0.3 is 0 Å². The Morgan fingerprint density at radius 2 is 1.89 bits per heavy atom. The first kappa shape index (κ1) is 14.7. The Kier molecular flexibility index (Phi) is 4.20. The van der Waals surface area contributed by atoms with Crippen molar-refractivity contribution in [3.8, 4) is 0 Å². The minimum Gasteiger partial charge on any atom is -0.342 e. The lowest BCUT2D eigenvalue weighted by Crippen LogP contribution is -2.65. The Morgan fingerprint density at radius 3 is 2.33 bits per heavy atom. The van der Waals surface area contributed by atoms with Gasteiger partial charge in [-0.25, -0.2) is 0 Å². The first-order valence-electron chi connectivity index (χ1n) is 6.39. The predicted molar refractivity (Wildman–Crippen MR) is 72.0 cm³/mol. The molecule has 0 aromatic heterocycles. The highest BCUT2D eigenvalue weighted by molar-refractivity contribution is 5.97. The molecule has 0 saturated carbocycles. The summed E-state index contributed by atoms with van der Waals surface area (Å²) >= 11 is 0. The van der Waals surface area contributed by atoms with Crippen molar-refractivity contribution in [3.63, 3.8) is 0 Å². The summed E-state index contributed by atoms with van der Waals surface area (Å²) < 4.78 is 0. The van der Waals surface area contributed by atoms with E-state index in [0.29, 0.717) is 6.54 Å². The van der Waals surface area contributed by atoms with Crippen LogP contribution in [0, 0.1) is 5.41 Å².